The number of benzene rings is 1. The lowest BCUT2D eigenvalue weighted by Gasteiger charge is -2.15. The Morgan fingerprint density at radius 3 is 2.65 bits per heavy atom. The Morgan fingerprint density at radius 1 is 1.35 bits per heavy atom. The minimum atomic E-state index is -0.136. The van der Waals surface area contributed by atoms with Gasteiger partial charge in [-0.2, -0.15) is 0 Å². The van der Waals surface area contributed by atoms with Crippen LogP contribution in [0, 0.1) is 0 Å². The summed E-state index contributed by atoms with van der Waals surface area (Å²) >= 11 is 1.40. The van der Waals surface area contributed by atoms with Crippen molar-refractivity contribution in [2.45, 2.75) is 0 Å². The molecule has 2 rings (SSSR count). The lowest BCUT2D eigenvalue weighted by Crippen LogP contribution is -2.29. The monoisotopic (exact) mass is 291 g/mol. The van der Waals surface area contributed by atoms with Crippen molar-refractivity contribution in [2.24, 2.45) is 0 Å². The van der Waals surface area contributed by atoms with Crippen LogP contribution in [-0.4, -0.2) is 43.2 Å². The van der Waals surface area contributed by atoms with E-state index in [0.29, 0.717) is 17.2 Å². The molecule has 106 valence electrons. The van der Waals surface area contributed by atoms with Crippen molar-refractivity contribution < 1.29 is 14.6 Å². The molecule has 0 saturated carbocycles. The third-order valence-electron chi connectivity index (χ3n) is 2.95. The van der Waals surface area contributed by atoms with Crippen molar-refractivity contribution in [3.05, 3.63) is 41.3 Å². The lowest BCUT2D eigenvalue weighted by molar-refractivity contribution is 0.0768. The first-order valence-electron chi connectivity index (χ1n) is 6.27. The Kier molecular flexibility index (Phi) is 4.76. The standard InChI is InChI=1S/C15H17NO3S/c1-16(8-9-17)15(18)14-12(19-2)10-13(20-14)11-6-4-3-5-7-11/h3-7,10,17H,8-9H2,1-2H3. The van der Waals surface area contributed by atoms with Crippen molar-refractivity contribution in [1.29, 1.82) is 0 Å². The number of thiophene rings is 1. The summed E-state index contributed by atoms with van der Waals surface area (Å²) in [5.74, 6) is 0.437. The zero-order chi connectivity index (χ0) is 14.5. The summed E-state index contributed by atoms with van der Waals surface area (Å²) in [7, 11) is 3.22. The van der Waals surface area contributed by atoms with Gasteiger partial charge in [0.05, 0.1) is 13.7 Å². The first kappa shape index (κ1) is 14.6. The Bertz CT molecular complexity index is 580. The second-order valence-electron chi connectivity index (χ2n) is 4.32. The van der Waals surface area contributed by atoms with E-state index in [4.69, 9.17) is 9.84 Å². The molecule has 20 heavy (non-hydrogen) atoms. The molecule has 0 aliphatic rings. The van der Waals surface area contributed by atoms with Gasteiger partial charge in [0.1, 0.15) is 10.6 Å². The Hall–Kier alpha value is -1.85. The number of rotatable bonds is 5. The molecule has 0 atom stereocenters. The highest BCUT2D eigenvalue weighted by Crippen LogP contribution is 2.36. The molecule has 0 spiro atoms. The van der Waals surface area contributed by atoms with E-state index < -0.39 is 0 Å². The molecule has 0 radical (unpaired) electrons. The molecule has 0 aliphatic carbocycles. The van der Waals surface area contributed by atoms with E-state index in [1.165, 1.54) is 16.2 Å². The number of hydrogen-bond acceptors (Lipinski definition) is 4. The largest absolute Gasteiger partial charge is 0.495 e. The number of nitrogens with zero attached hydrogens (tertiary/aromatic N) is 1. The van der Waals surface area contributed by atoms with Gasteiger partial charge in [0, 0.05) is 18.5 Å². The number of carbonyl (C=O) groups excluding carboxylic acids is 1. The minimum Gasteiger partial charge on any atom is -0.495 e. The average Bonchev–Trinajstić information content (AvgIpc) is 2.91. The lowest BCUT2D eigenvalue weighted by atomic mass is 10.2. The topological polar surface area (TPSA) is 49.8 Å². The molecule has 1 aromatic heterocycles. The molecular formula is C15H17NO3S. The van der Waals surface area contributed by atoms with E-state index in [9.17, 15) is 4.79 Å². The molecular weight excluding hydrogens is 274 g/mol. The fourth-order valence-corrected chi connectivity index (χ4v) is 2.97. The zero-order valence-corrected chi connectivity index (χ0v) is 12.3. The number of ether oxygens (including phenoxy) is 1. The minimum absolute atomic E-state index is 0.0541. The molecule has 0 bridgehead atoms. The normalized spacial score (nSPS) is 10.3. The summed E-state index contributed by atoms with van der Waals surface area (Å²) in [6, 6.07) is 11.7. The molecule has 1 amide bonds. The van der Waals surface area contributed by atoms with Gasteiger partial charge >= 0.3 is 0 Å². The summed E-state index contributed by atoms with van der Waals surface area (Å²) in [6.45, 7) is 0.252. The smallest absolute Gasteiger partial charge is 0.267 e. The number of methoxy groups -OCH3 is 1. The molecule has 0 saturated heterocycles. The van der Waals surface area contributed by atoms with Crippen LogP contribution in [0.15, 0.2) is 36.4 Å². The fourth-order valence-electron chi connectivity index (χ4n) is 1.84. The van der Waals surface area contributed by atoms with Gasteiger partial charge in [-0.05, 0) is 11.6 Å². The summed E-state index contributed by atoms with van der Waals surface area (Å²) in [4.78, 5) is 15.3. The maximum Gasteiger partial charge on any atom is 0.267 e. The van der Waals surface area contributed by atoms with Gasteiger partial charge < -0.3 is 14.7 Å². The van der Waals surface area contributed by atoms with E-state index >= 15 is 0 Å². The van der Waals surface area contributed by atoms with E-state index in [1.807, 2.05) is 36.4 Å². The third-order valence-corrected chi connectivity index (χ3v) is 4.11. The Morgan fingerprint density at radius 2 is 2.05 bits per heavy atom. The van der Waals surface area contributed by atoms with Crippen molar-refractivity contribution in [3.63, 3.8) is 0 Å². The van der Waals surface area contributed by atoms with Gasteiger partial charge in [0.15, 0.2) is 0 Å². The van der Waals surface area contributed by atoms with Crippen LogP contribution in [0.25, 0.3) is 10.4 Å². The zero-order valence-electron chi connectivity index (χ0n) is 11.5. The number of aliphatic hydroxyl groups excluding tert-OH is 1. The first-order valence-corrected chi connectivity index (χ1v) is 7.08. The highest BCUT2D eigenvalue weighted by atomic mass is 32.1. The van der Waals surface area contributed by atoms with E-state index in [2.05, 4.69) is 0 Å². The predicted octanol–water partition coefficient (Wildman–Crippen LogP) is 2.49. The van der Waals surface area contributed by atoms with Crippen molar-refractivity contribution in [3.8, 4) is 16.2 Å². The van der Waals surface area contributed by atoms with E-state index in [1.54, 1.807) is 14.2 Å². The van der Waals surface area contributed by atoms with Gasteiger partial charge in [0.2, 0.25) is 0 Å². The second-order valence-corrected chi connectivity index (χ2v) is 5.38. The molecule has 1 aromatic carbocycles. The average molecular weight is 291 g/mol. The van der Waals surface area contributed by atoms with Gasteiger partial charge in [-0.3, -0.25) is 4.79 Å². The summed E-state index contributed by atoms with van der Waals surface area (Å²) < 4.78 is 5.30. The molecule has 5 heteroatoms. The van der Waals surface area contributed by atoms with Crippen LogP contribution >= 0.6 is 11.3 Å². The fraction of sp³-hybridized carbons (Fsp3) is 0.267. The highest BCUT2D eigenvalue weighted by molar-refractivity contribution is 7.17. The van der Waals surface area contributed by atoms with Crippen LogP contribution < -0.4 is 4.74 Å². The van der Waals surface area contributed by atoms with Crippen LogP contribution in [0.4, 0.5) is 0 Å². The molecule has 4 nitrogen and oxygen atoms in total. The van der Waals surface area contributed by atoms with E-state index in [0.717, 1.165) is 10.4 Å². The molecule has 0 aliphatic heterocycles. The third kappa shape index (κ3) is 3.00. The number of aliphatic hydroxyl groups is 1. The number of likely N-dealkylation sites (N-methyl/N-ethyl adjacent to an activating group) is 1. The number of amides is 1. The summed E-state index contributed by atoms with van der Waals surface area (Å²) in [5, 5.41) is 8.92. The Labute approximate surface area is 122 Å². The van der Waals surface area contributed by atoms with Gasteiger partial charge in [-0.25, -0.2) is 0 Å². The molecule has 1 heterocycles. The van der Waals surface area contributed by atoms with Crippen LogP contribution in [0.2, 0.25) is 0 Å². The number of carbonyl (C=O) groups is 1. The summed E-state index contributed by atoms with van der Waals surface area (Å²) in [5.41, 5.74) is 1.06. The van der Waals surface area contributed by atoms with Crippen molar-refractivity contribution >= 4 is 17.2 Å². The molecule has 1 N–H and O–H groups in total. The maximum atomic E-state index is 12.3. The predicted molar refractivity (Wildman–Crippen MR) is 80.4 cm³/mol. The van der Waals surface area contributed by atoms with Gasteiger partial charge in [-0.15, -0.1) is 11.3 Å². The molecule has 0 fully saturated rings. The Balaban J connectivity index is 2.35. The highest BCUT2D eigenvalue weighted by Gasteiger charge is 2.20. The quantitative estimate of drug-likeness (QED) is 0.920. The van der Waals surface area contributed by atoms with E-state index in [-0.39, 0.29) is 12.5 Å². The molecule has 2 aromatic rings. The van der Waals surface area contributed by atoms with Crippen LogP contribution in [-0.2, 0) is 0 Å². The SMILES string of the molecule is COc1cc(-c2ccccc2)sc1C(=O)N(C)CCO. The van der Waals surface area contributed by atoms with Crippen LogP contribution in [0.5, 0.6) is 5.75 Å². The summed E-state index contributed by atoms with van der Waals surface area (Å²) in [6.07, 6.45) is 0. The second kappa shape index (κ2) is 6.54. The maximum absolute atomic E-state index is 12.3. The number of hydrogen-bond donors (Lipinski definition) is 1. The van der Waals surface area contributed by atoms with Gasteiger partial charge in [0.25, 0.3) is 5.91 Å². The van der Waals surface area contributed by atoms with Crippen molar-refractivity contribution in [1.82, 2.24) is 4.90 Å². The van der Waals surface area contributed by atoms with Crippen molar-refractivity contribution in [2.75, 3.05) is 27.3 Å². The first-order chi connectivity index (χ1) is 9.67. The van der Waals surface area contributed by atoms with Gasteiger partial charge in [-0.1, -0.05) is 30.3 Å². The molecule has 0 unspecified atom stereocenters. The van der Waals surface area contributed by atoms with Crippen LogP contribution in [0.3, 0.4) is 0 Å². The van der Waals surface area contributed by atoms with Crippen LogP contribution in [0.1, 0.15) is 9.67 Å².